The molecule has 1 aromatic heterocycles. The van der Waals surface area contributed by atoms with Gasteiger partial charge in [-0.15, -0.1) is 0 Å². The molecule has 2 aromatic rings. The molecular weight excluding hydrogens is 457 g/mol. The third kappa shape index (κ3) is 6.67. The highest BCUT2D eigenvalue weighted by Crippen LogP contribution is 2.38. The summed E-state index contributed by atoms with van der Waals surface area (Å²) in [5.41, 5.74) is 0.248. The van der Waals surface area contributed by atoms with Gasteiger partial charge in [-0.25, -0.2) is 9.18 Å². The summed E-state index contributed by atoms with van der Waals surface area (Å²) in [5, 5.41) is 9.59. The molecule has 0 amide bonds. The van der Waals surface area contributed by atoms with Gasteiger partial charge in [0, 0.05) is 43.8 Å². The van der Waals surface area contributed by atoms with Gasteiger partial charge in [-0.2, -0.15) is 0 Å². The van der Waals surface area contributed by atoms with Crippen LogP contribution < -0.4 is 10.3 Å². The van der Waals surface area contributed by atoms with Crippen molar-refractivity contribution in [2.75, 3.05) is 37.6 Å². The van der Waals surface area contributed by atoms with Gasteiger partial charge in [-0.05, 0) is 37.9 Å². The molecule has 1 aliphatic heterocycles. The second kappa shape index (κ2) is 12.7. The molecule has 1 aromatic carbocycles. The number of piperazine rings is 1. The van der Waals surface area contributed by atoms with E-state index in [1.807, 2.05) is 4.57 Å². The van der Waals surface area contributed by atoms with Crippen molar-refractivity contribution in [3.8, 4) is 0 Å². The first-order valence-corrected chi connectivity index (χ1v) is 14.1. The molecule has 1 aliphatic carbocycles. The first-order valence-electron chi connectivity index (χ1n) is 14.1. The third-order valence-electron chi connectivity index (χ3n) is 7.81. The van der Waals surface area contributed by atoms with Gasteiger partial charge < -0.3 is 14.6 Å². The minimum atomic E-state index is -1.26. The first-order chi connectivity index (χ1) is 17.5. The Morgan fingerprint density at radius 2 is 1.56 bits per heavy atom. The summed E-state index contributed by atoms with van der Waals surface area (Å²) < 4.78 is 17.0. The second-order valence-corrected chi connectivity index (χ2v) is 10.6. The Kier molecular flexibility index (Phi) is 9.41. The molecule has 1 N–H and O–H groups in total. The maximum Gasteiger partial charge on any atom is 0.341 e. The fraction of sp³-hybridized carbons (Fsp3) is 0.655. The highest BCUT2D eigenvalue weighted by Gasteiger charge is 2.28. The summed E-state index contributed by atoms with van der Waals surface area (Å²) in [6, 6.07) is 3.19. The molecule has 2 fully saturated rings. The first kappa shape index (κ1) is 26.6. The zero-order valence-electron chi connectivity index (χ0n) is 21.8. The van der Waals surface area contributed by atoms with Crippen LogP contribution in [0.2, 0.25) is 0 Å². The monoisotopic (exact) mass is 499 g/mol. The van der Waals surface area contributed by atoms with E-state index in [2.05, 4.69) is 16.7 Å². The van der Waals surface area contributed by atoms with E-state index in [0.717, 1.165) is 45.6 Å². The van der Waals surface area contributed by atoms with Gasteiger partial charge in [0.2, 0.25) is 5.43 Å². The van der Waals surface area contributed by atoms with Gasteiger partial charge in [0.1, 0.15) is 11.4 Å². The fourth-order valence-corrected chi connectivity index (χ4v) is 5.44. The Bertz CT molecular complexity index is 1090. The van der Waals surface area contributed by atoms with Crippen molar-refractivity contribution in [2.24, 2.45) is 0 Å². The van der Waals surface area contributed by atoms with Gasteiger partial charge in [0.05, 0.1) is 11.2 Å². The van der Waals surface area contributed by atoms with E-state index in [0.29, 0.717) is 11.2 Å². The van der Waals surface area contributed by atoms with Crippen LogP contribution in [0.3, 0.4) is 0 Å². The standard InChI is InChI=1S/C29H42FN3O3/c1-2-3-4-5-6-7-8-9-10-11-14-31-15-17-32(18-16-31)27-20-26-23(19-25(27)30)28(34)24(29(35)36)21-33(26)22-12-13-22/h19-22H,2-18H2,1H3,(H,35,36). The lowest BCUT2D eigenvalue weighted by molar-refractivity contribution is 0.0695. The largest absolute Gasteiger partial charge is 0.477 e. The SMILES string of the molecule is CCCCCCCCCCCCN1CCN(c2cc3c(cc2F)c(=O)c(C(=O)O)cn3C2CC2)CC1. The number of pyridine rings is 1. The molecule has 0 radical (unpaired) electrons. The number of carboxylic acid groups (broad SMARTS) is 1. The summed E-state index contributed by atoms with van der Waals surface area (Å²) in [7, 11) is 0. The number of rotatable bonds is 14. The number of benzene rings is 1. The highest BCUT2D eigenvalue weighted by atomic mass is 19.1. The van der Waals surface area contributed by atoms with E-state index in [9.17, 15) is 14.7 Å². The number of aromatic carboxylic acids is 1. The normalized spacial score (nSPS) is 16.7. The predicted octanol–water partition coefficient (Wildman–Crippen LogP) is 6.22. The Labute approximate surface area is 214 Å². The molecule has 0 unspecified atom stereocenters. The number of carbonyl (C=O) groups is 1. The van der Waals surface area contributed by atoms with E-state index < -0.39 is 17.2 Å². The van der Waals surface area contributed by atoms with Crippen LogP contribution in [0.1, 0.15) is 100 Å². The molecule has 7 heteroatoms. The summed E-state index contributed by atoms with van der Waals surface area (Å²) in [5.74, 6) is -1.72. The Hall–Kier alpha value is -2.41. The van der Waals surface area contributed by atoms with E-state index in [1.165, 1.54) is 76.5 Å². The number of carboxylic acids is 1. The van der Waals surface area contributed by atoms with Crippen LogP contribution >= 0.6 is 0 Å². The summed E-state index contributed by atoms with van der Waals surface area (Å²) in [6.07, 6.45) is 16.7. The molecular formula is C29H42FN3O3. The lowest BCUT2D eigenvalue weighted by atomic mass is 10.1. The molecule has 2 aliphatic rings. The van der Waals surface area contributed by atoms with Gasteiger partial charge in [0.25, 0.3) is 0 Å². The van der Waals surface area contributed by atoms with Crippen LogP contribution in [0, 0.1) is 5.82 Å². The van der Waals surface area contributed by atoms with Gasteiger partial charge in [-0.1, -0.05) is 64.7 Å². The molecule has 4 rings (SSSR count). The second-order valence-electron chi connectivity index (χ2n) is 10.6. The fourth-order valence-electron chi connectivity index (χ4n) is 5.44. The average molecular weight is 500 g/mol. The zero-order chi connectivity index (χ0) is 25.5. The molecule has 0 bridgehead atoms. The average Bonchev–Trinajstić information content (AvgIpc) is 3.71. The summed E-state index contributed by atoms with van der Waals surface area (Å²) >= 11 is 0. The van der Waals surface area contributed by atoms with Crippen LogP contribution in [0.25, 0.3) is 10.9 Å². The lowest BCUT2D eigenvalue weighted by Gasteiger charge is -2.36. The molecule has 36 heavy (non-hydrogen) atoms. The number of nitrogens with zero attached hydrogens (tertiary/aromatic N) is 3. The van der Waals surface area contributed by atoms with Crippen LogP contribution in [-0.4, -0.2) is 53.3 Å². The highest BCUT2D eigenvalue weighted by molar-refractivity contribution is 5.93. The van der Waals surface area contributed by atoms with Gasteiger partial charge >= 0.3 is 5.97 Å². The smallest absolute Gasteiger partial charge is 0.341 e. The van der Waals surface area contributed by atoms with E-state index in [-0.39, 0.29) is 17.0 Å². The minimum Gasteiger partial charge on any atom is -0.477 e. The Morgan fingerprint density at radius 1 is 0.944 bits per heavy atom. The van der Waals surface area contributed by atoms with Crippen LogP contribution in [-0.2, 0) is 0 Å². The number of halogens is 1. The Morgan fingerprint density at radius 3 is 2.14 bits per heavy atom. The molecule has 198 valence electrons. The topological polar surface area (TPSA) is 65.8 Å². The molecule has 1 saturated heterocycles. The molecule has 0 spiro atoms. The Balaban J connectivity index is 1.28. The van der Waals surface area contributed by atoms with Crippen molar-refractivity contribution in [3.63, 3.8) is 0 Å². The quantitative estimate of drug-likeness (QED) is 0.313. The number of anilines is 1. The van der Waals surface area contributed by atoms with Gasteiger partial charge in [0.15, 0.2) is 0 Å². The van der Waals surface area contributed by atoms with Crippen molar-refractivity contribution in [2.45, 2.75) is 90.0 Å². The van der Waals surface area contributed by atoms with E-state index >= 15 is 4.39 Å². The van der Waals surface area contributed by atoms with Crippen LogP contribution in [0.5, 0.6) is 0 Å². The lowest BCUT2D eigenvalue weighted by Crippen LogP contribution is -2.47. The number of unbranched alkanes of at least 4 members (excludes halogenated alkanes) is 9. The van der Waals surface area contributed by atoms with Crippen molar-refractivity contribution in [1.82, 2.24) is 9.47 Å². The number of fused-ring (bicyclic) bond motifs is 1. The zero-order valence-corrected chi connectivity index (χ0v) is 21.8. The number of hydrogen-bond acceptors (Lipinski definition) is 4. The van der Waals surface area contributed by atoms with Crippen molar-refractivity contribution in [1.29, 1.82) is 0 Å². The van der Waals surface area contributed by atoms with Crippen LogP contribution in [0.15, 0.2) is 23.1 Å². The molecule has 1 saturated carbocycles. The van der Waals surface area contributed by atoms with E-state index in [4.69, 9.17) is 0 Å². The van der Waals surface area contributed by atoms with Crippen molar-refractivity contribution in [3.05, 3.63) is 39.9 Å². The van der Waals surface area contributed by atoms with Crippen LogP contribution in [0.4, 0.5) is 10.1 Å². The number of aromatic nitrogens is 1. The van der Waals surface area contributed by atoms with E-state index in [1.54, 1.807) is 6.07 Å². The predicted molar refractivity (Wildman–Crippen MR) is 144 cm³/mol. The summed E-state index contributed by atoms with van der Waals surface area (Å²) in [6.45, 7) is 6.67. The van der Waals surface area contributed by atoms with Crippen molar-refractivity contribution < 1.29 is 14.3 Å². The molecule has 0 atom stereocenters. The maximum atomic E-state index is 15.1. The molecule has 6 nitrogen and oxygen atoms in total. The maximum absolute atomic E-state index is 15.1. The number of hydrogen-bond donors (Lipinski definition) is 1. The molecule has 2 heterocycles. The van der Waals surface area contributed by atoms with Crippen molar-refractivity contribution >= 4 is 22.6 Å². The minimum absolute atomic E-state index is 0.155. The summed E-state index contributed by atoms with van der Waals surface area (Å²) in [4.78, 5) is 28.8. The van der Waals surface area contributed by atoms with Gasteiger partial charge in [-0.3, -0.25) is 9.69 Å². The third-order valence-corrected chi connectivity index (χ3v) is 7.81.